The lowest BCUT2D eigenvalue weighted by molar-refractivity contribution is -0.120. The Morgan fingerprint density at radius 1 is 0.826 bits per heavy atom. The van der Waals surface area contributed by atoms with Crippen molar-refractivity contribution in [2.24, 2.45) is 11.5 Å². The van der Waals surface area contributed by atoms with E-state index in [0.717, 1.165) is 58.7 Å². The predicted octanol–water partition coefficient (Wildman–Crippen LogP) is 0.662. The van der Waals surface area contributed by atoms with Crippen LogP contribution in [0.15, 0.2) is 0 Å². The molecule has 1 amide bonds. The standard InChI is InChI=1S/C17H39N5O/c1-2-17(23)21-11-6-4-8-15-22(14-7-3-5-9-18)16-13-20-12-10-19/h20H,2-16,18-19H2,1H3,(H,21,23). The first kappa shape index (κ1) is 22.3. The van der Waals surface area contributed by atoms with E-state index in [-0.39, 0.29) is 5.91 Å². The molecule has 23 heavy (non-hydrogen) atoms. The number of rotatable bonds is 17. The van der Waals surface area contributed by atoms with E-state index < -0.39 is 0 Å². The predicted molar refractivity (Wildman–Crippen MR) is 98.4 cm³/mol. The van der Waals surface area contributed by atoms with Gasteiger partial charge in [-0.15, -0.1) is 0 Å². The Kier molecular flexibility index (Phi) is 17.1. The largest absolute Gasteiger partial charge is 0.356 e. The lowest BCUT2D eigenvalue weighted by Gasteiger charge is -2.22. The molecule has 0 atom stereocenters. The van der Waals surface area contributed by atoms with E-state index in [1.807, 2.05) is 6.92 Å². The zero-order valence-corrected chi connectivity index (χ0v) is 15.1. The molecule has 0 heterocycles. The molecule has 0 aromatic rings. The second-order valence-corrected chi connectivity index (χ2v) is 5.99. The van der Waals surface area contributed by atoms with Crippen LogP contribution in [0.3, 0.4) is 0 Å². The van der Waals surface area contributed by atoms with Crippen molar-refractivity contribution < 1.29 is 4.79 Å². The molecule has 0 fully saturated rings. The highest BCUT2D eigenvalue weighted by Gasteiger charge is 2.04. The molecule has 0 aromatic carbocycles. The summed E-state index contributed by atoms with van der Waals surface area (Å²) >= 11 is 0. The minimum absolute atomic E-state index is 0.150. The number of hydrogen-bond acceptors (Lipinski definition) is 5. The van der Waals surface area contributed by atoms with Gasteiger partial charge in [0.2, 0.25) is 5.91 Å². The van der Waals surface area contributed by atoms with Crippen LogP contribution in [-0.4, -0.2) is 63.2 Å². The summed E-state index contributed by atoms with van der Waals surface area (Å²) < 4.78 is 0. The number of unbranched alkanes of at least 4 members (excludes halogenated alkanes) is 4. The fraction of sp³-hybridized carbons (Fsp3) is 0.941. The second kappa shape index (κ2) is 17.7. The Morgan fingerprint density at radius 2 is 1.52 bits per heavy atom. The number of nitrogens with zero attached hydrogens (tertiary/aromatic N) is 1. The summed E-state index contributed by atoms with van der Waals surface area (Å²) in [6.45, 7) is 9.43. The van der Waals surface area contributed by atoms with Crippen molar-refractivity contribution in [1.82, 2.24) is 15.5 Å². The first-order valence-corrected chi connectivity index (χ1v) is 9.34. The van der Waals surface area contributed by atoms with Crippen molar-refractivity contribution in [3.8, 4) is 0 Å². The van der Waals surface area contributed by atoms with E-state index in [9.17, 15) is 4.79 Å². The van der Waals surface area contributed by atoms with Crippen LogP contribution in [0.1, 0.15) is 51.9 Å². The molecule has 6 N–H and O–H groups in total. The van der Waals surface area contributed by atoms with Crippen molar-refractivity contribution in [2.75, 3.05) is 52.4 Å². The highest BCUT2D eigenvalue weighted by atomic mass is 16.1. The molecule has 0 aromatic heterocycles. The molecule has 0 saturated heterocycles. The van der Waals surface area contributed by atoms with Gasteiger partial charge in [0.15, 0.2) is 0 Å². The lowest BCUT2D eigenvalue weighted by Crippen LogP contribution is -2.35. The summed E-state index contributed by atoms with van der Waals surface area (Å²) in [5.41, 5.74) is 11.1. The lowest BCUT2D eigenvalue weighted by atomic mass is 10.2. The summed E-state index contributed by atoms with van der Waals surface area (Å²) in [6.07, 6.45) is 7.56. The molecule has 0 saturated carbocycles. The molecule has 6 nitrogen and oxygen atoms in total. The molecule has 0 aliphatic rings. The zero-order chi connectivity index (χ0) is 17.2. The molecule has 0 radical (unpaired) electrons. The monoisotopic (exact) mass is 329 g/mol. The fourth-order valence-electron chi connectivity index (χ4n) is 2.45. The molecule has 0 aliphatic carbocycles. The van der Waals surface area contributed by atoms with Crippen LogP contribution >= 0.6 is 0 Å². The van der Waals surface area contributed by atoms with Gasteiger partial charge >= 0.3 is 0 Å². The molecule has 0 spiro atoms. The van der Waals surface area contributed by atoms with Crippen LogP contribution in [0.4, 0.5) is 0 Å². The summed E-state index contributed by atoms with van der Waals surface area (Å²) in [4.78, 5) is 13.7. The number of carbonyl (C=O) groups is 1. The van der Waals surface area contributed by atoms with Gasteiger partial charge in [0.1, 0.15) is 0 Å². The Hall–Kier alpha value is -0.690. The minimum atomic E-state index is 0.150. The van der Waals surface area contributed by atoms with Gasteiger partial charge in [0.05, 0.1) is 0 Å². The smallest absolute Gasteiger partial charge is 0.219 e. The highest BCUT2D eigenvalue weighted by molar-refractivity contribution is 5.75. The third kappa shape index (κ3) is 16.0. The third-order valence-corrected chi connectivity index (χ3v) is 3.90. The quantitative estimate of drug-likeness (QED) is 0.294. The molecular formula is C17H39N5O. The van der Waals surface area contributed by atoms with Gasteiger partial charge in [-0.3, -0.25) is 4.79 Å². The number of hydrogen-bond donors (Lipinski definition) is 4. The van der Waals surface area contributed by atoms with Gasteiger partial charge < -0.3 is 27.0 Å². The first-order valence-electron chi connectivity index (χ1n) is 9.34. The number of nitrogens with two attached hydrogens (primary N) is 2. The van der Waals surface area contributed by atoms with Crippen molar-refractivity contribution in [2.45, 2.75) is 51.9 Å². The van der Waals surface area contributed by atoms with Crippen LogP contribution in [-0.2, 0) is 4.79 Å². The van der Waals surface area contributed by atoms with E-state index in [4.69, 9.17) is 11.5 Å². The van der Waals surface area contributed by atoms with Gasteiger partial charge in [0, 0.05) is 39.1 Å². The maximum atomic E-state index is 11.2. The van der Waals surface area contributed by atoms with E-state index in [0.29, 0.717) is 13.0 Å². The third-order valence-electron chi connectivity index (χ3n) is 3.90. The van der Waals surface area contributed by atoms with Gasteiger partial charge in [-0.2, -0.15) is 0 Å². The Morgan fingerprint density at radius 3 is 2.13 bits per heavy atom. The molecule has 0 aliphatic heterocycles. The molecule has 0 bridgehead atoms. The van der Waals surface area contributed by atoms with Crippen LogP contribution in [0.25, 0.3) is 0 Å². The van der Waals surface area contributed by atoms with E-state index in [2.05, 4.69) is 15.5 Å². The maximum Gasteiger partial charge on any atom is 0.219 e. The summed E-state index contributed by atoms with van der Waals surface area (Å²) in [5, 5.41) is 6.29. The van der Waals surface area contributed by atoms with Gasteiger partial charge in [-0.25, -0.2) is 0 Å². The summed E-state index contributed by atoms with van der Waals surface area (Å²) in [6, 6.07) is 0. The normalized spacial score (nSPS) is 11.1. The molecule has 0 rings (SSSR count). The second-order valence-electron chi connectivity index (χ2n) is 5.99. The van der Waals surface area contributed by atoms with Crippen LogP contribution < -0.4 is 22.1 Å². The average molecular weight is 330 g/mol. The van der Waals surface area contributed by atoms with Crippen molar-refractivity contribution in [3.63, 3.8) is 0 Å². The minimum Gasteiger partial charge on any atom is -0.356 e. The average Bonchev–Trinajstić information content (AvgIpc) is 2.57. The summed E-state index contributed by atoms with van der Waals surface area (Å²) in [7, 11) is 0. The fourth-order valence-corrected chi connectivity index (χ4v) is 2.45. The Bertz CT molecular complexity index is 251. The van der Waals surface area contributed by atoms with Crippen molar-refractivity contribution in [1.29, 1.82) is 0 Å². The van der Waals surface area contributed by atoms with Gasteiger partial charge in [-0.05, 0) is 45.3 Å². The summed E-state index contributed by atoms with van der Waals surface area (Å²) in [5.74, 6) is 0.150. The SMILES string of the molecule is CCC(=O)NCCCCCN(CCCCCN)CCNCCN. The molecule has 138 valence electrons. The molecular weight excluding hydrogens is 290 g/mol. The van der Waals surface area contributed by atoms with Crippen molar-refractivity contribution >= 4 is 5.91 Å². The van der Waals surface area contributed by atoms with Crippen molar-refractivity contribution in [3.05, 3.63) is 0 Å². The highest BCUT2D eigenvalue weighted by Crippen LogP contribution is 2.02. The van der Waals surface area contributed by atoms with Gasteiger partial charge in [-0.1, -0.05) is 19.8 Å². The van der Waals surface area contributed by atoms with Gasteiger partial charge in [0.25, 0.3) is 0 Å². The van der Waals surface area contributed by atoms with E-state index in [1.165, 1.54) is 25.7 Å². The number of amides is 1. The van der Waals surface area contributed by atoms with E-state index in [1.54, 1.807) is 0 Å². The Balaban J connectivity index is 3.74. The van der Waals surface area contributed by atoms with Crippen LogP contribution in [0.2, 0.25) is 0 Å². The Labute approximate surface area is 142 Å². The maximum absolute atomic E-state index is 11.2. The molecule has 6 heteroatoms. The number of nitrogens with one attached hydrogen (secondary N) is 2. The zero-order valence-electron chi connectivity index (χ0n) is 15.1. The first-order chi connectivity index (χ1) is 11.2. The number of carbonyl (C=O) groups excluding carboxylic acids is 1. The topological polar surface area (TPSA) is 96.4 Å². The van der Waals surface area contributed by atoms with Crippen LogP contribution in [0, 0.1) is 0 Å². The van der Waals surface area contributed by atoms with Crippen LogP contribution in [0.5, 0.6) is 0 Å². The van der Waals surface area contributed by atoms with E-state index >= 15 is 0 Å². The molecule has 0 unspecified atom stereocenters.